The van der Waals surface area contributed by atoms with Crippen molar-refractivity contribution >= 4 is 17.1 Å². The number of imidazole rings is 1. The van der Waals surface area contributed by atoms with Crippen molar-refractivity contribution in [3.05, 3.63) is 23.7 Å². The molecule has 3 rings (SSSR count). The molecule has 5 nitrogen and oxygen atoms in total. The van der Waals surface area contributed by atoms with Crippen LogP contribution in [0.25, 0.3) is 11.2 Å². The van der Waals surface area contributed by atoms with Crippen LogP contribution in [-0.2, 0) is 0 Å². The van der Waals surface area contributed by atoms with Crippen LogP contribution in [0.1, 0.15) is 55.2 Å². The third kappa shape index (κ3) is 2.92. The van der Waals surface area contributed by atoms with Gasteiger partial charge in [-0.2, -0.15) is 0 Å². The van der Waals surface area contributed by atoms with Gasteiger partial charge in [0.15, 0.2) is 5.65 Å². The van der Waals surface area contributed by atoms with E-state index in [1.807, 2.05) is 0 Å². The summed E-state index contributed by atoms with van der Waals surface area (Å²) in [5, 5.41) is 2.61. The Morgan fingerprint density at radius 3 is 2.74 bits per heavy atom. The molecule has 0 saturated heterocycles. The molecule has 0 aromatic carbocycles. The summed E-state index contributed by atoms with van der Waals surface area (Å²) < 4.78 is 0. The Kier molecular flexibility index (Phi) is 4.14. The molecule has 0 bridgehead atoms. The summed E-state index contributed by atoms with van der Waals surface area (Å²) in [6, 6.07) is 1.70. The molecule has 0 radical (unpaired) electrons. The van der Waals surface area contributed by atoms with Gasteiger partial charge in [-0.25, -0.2) is 9.97 Å². The molecule has 0 atom stereocenters. The highest BCUT2D eigenvalue weighted by Gasteiger charge is 2.27. The number of pyridine rings is 1. The Morgan fingerprint density at radius 2 is 2.16 bits per heavy atom. The maximum absolute atomic E-state index is 11.6. The van der Waals surface area contributed by atoms with E-state index >= 15 is 0 Å². The second kappa shape index (κ2) is 5.82. The van der Waals surface area contributed by atoms with Crippen LogP contribution in [0.3, 0.4) is 0 Å². The second-order valence-electron chi connectivity index (χ2n) is 4.74. The van der Waals surface area contributed by atoms with Crippen molar-refractivity contribution in [3.8, 4) is 0 Å². The molecule has 2 aromatic heterocycles. The average Bonchev–Trinajstić information content (AvgIpc) is 3.17. The molecule has 1 aliphatic rings. The van der Waals surface area contributed by atoms with Crippen molar-refractivity contribution in [2.24, 2.45) is 0 Å². The molecule has 1 aliphatic carbocycles. The predicted molar refractivity (Wildman–Crippen MR) is 75.2 cm³/mol. The van der Waals surface area contributed by atoms with E-state index in [0.717, 1.165) is 11.3 Å². The van der Waals surface area contributed by atoms with Crippen LogP contribution in [-0.4, -0.2) is 27.9 Å². The normalized spacial score (nSPS) is 13.8. The van der Waals surface area contributed by atoms with Crippen molar-refractivity contribution in [2.45, 2.75) is 39.0 Å². The summed E-state index contributed by atoms with van der Waals surface area (Å²) in [6.45, 7) is 4.25. The fourth-order valence-electron chi connectivity index (χ4n) is 1.80. The van der Waals surface area contributed by atoms with Crippen molar-refractivity contribution < 1.29 is 4.79 Å². The van der Waals surface area contributed by atoms with Gasteiger partial charge in [0.2, 0.25) is 0 Å². The van der Waals surface area contributed by atoms with Crippen LogP contribution in [0.5, 0.6) is 0 Å². The van der Waals surface area contributed by atoms with E-state index in [9.17, 15) is 4.79 Å². The molecule has 19 heavy (non-hydrogen) atoms. The monoisotopic (exact) mass is 260 g/mol. The number of fused-ring (bicyclic) bond motifs is 1. The summed E-state index contributed by atoms with van der Waals surface area (Å²) in [5.41, 5.74) is 1.97. The summed E-state index contributed by atoms with van der Waals surface area (Å²) in [7, 11) is 1.62. The van der Waals surface area contributed by atoms with Gasteiger partial charge in [0.25, 0.3) is 5.91 Å². The zero-order chi connectivity index (χ0) is 13.8. The Labute approximate surface area is 112 Å². The van der Waals surface area contributed by atoms with E-state index < -0.39 is 0 Å². The first kappa shape index (κ1) is 13.5. The van der Waals surface area contributed by atoms with Gasteiger partial charge in [-0.15, -0.1) is 0 Å². The zero-order valence-electron chi connectivity index (χ0n) is 11.7. The minimum atomic E-state index is -0.113. The number of carbonyl (C=O) groups is 1. The lowest BCUT2D eigenvalue weighted by Gasteiger charge is -1.99. The number of rotatable bonds is 2. The minimum Gasteiger partial charge on any atom is -0.355 e. The fraction of sp³-hybridized carbons (Fsp3) is 0.500. The van der Waals surface area contributed by atoms with Crippen molar-refractivity contribution in [1.29, 1.82) is 0 Å². The molecule has 1 saturated carbocycles. The number of amides is 1. The highest BCUT2D eigenvalue weighted by molar-refractivity contribution is 6.03. The van der Waals surface area contributed by atoms with E-state index in [2.05, 4.69) is 34.1 Å². The lowest BCUT2D eigenvalue weighted by atomic mass is 10.2. The lowest BCUT2D eigenvalue weighted by Crippen LogP contribution is -2.18. The SMILES string of the molecule is CCC.CNC(=O)c1ccnc2nc(C3CC3)[nH]c12. The molecule has 0 unspecified atom stereocenters. The van der Waals surface area contributed by atoms with Gasteiger partial charge >= 0.3 is 0 Å². The average molecular weight is 260 g/mol. The predicted octanol–water partition coefficient (Wildman–Crippen LogP) is 2.61. The van der Waals surface area contributed by atoms with Gasteiger partial charge in [0, 0.05) is 19.2 Å². The maximum Gasteiger partial charge on any atom is 0.253 e. The summed E-state index contributed by atoms with van der Waals surface area (Å²) in [5.74, 6) is 1.38. The Morgan fingerprint density at radius 1 is 1.47 bits per heavy atom. The molecule has 1 fully saturated rings. The second-order valence-corrected chi connectivity index (χ2v) is 4.74. The van der Waals surface area contributed by atoms with Crippen molar-refractivity contribution in [1.82, 2.24) is 20.3 Å². The minimum absolute atomic E-state index is 0.113. The molecule has 1 amide bonds. The van der Waals surface area contributed by atoms with Gasteiger partial charge in [0.1, 0.15) is 5.82 Å². The Bertz CT molecular complexity index is 572. The summed E-state index contributed by atoms with van der Waals surface area (Å²) in [6.07, 6.45) is 5.22. The standard InChI is InChI=1S/C11H12N4O.C3H8/c1-12-11(16)7-4-5-13-10-8(7)14-9(15-10)6-2-3-6;1-3-2/h4-6H,2-3H2,1H3,(H,12,16)(H,13,14,15);3H2,1-2H3. The lowest BCUT2D eigenvalue weighted by molar-refractivity contribution is 0.0964. The first-order chi connectivity index (χ1) is 9.21. The molecule has 2 N–H and O–H groups in total. The highest BCUT2D eigenvalue weighted by Crippen LogP contribution is 2.39. The van der Waals surface area contributed by atoms with Crippen molar-refractivity contribution in [3.63, 3.8) is 0 Å². The van der Waals surface area contributed by atoms with E-state index in [4.69, 9.17) is 0 Å². The number of nitrogens with zero attached hydrogens (tertiary/aromatic N) is 2. The number of aromatic nitrogens is 3. The molecular formula is C14H20N4O. The zero-order valence-corrected chi connectivity index (χ0v) is 11.7. The summed E-state index contributed by atoms with van der Waals surface area (Å²) >= 11 is 0. The van der Waals surface area contributed by atoms with Crippen LogP contribution in [0.15, 0.2) is 12.3 Å². The van der Waals surface area contributed by atoms with Crippen LogP contribution in [0, 0.1) is 0 Å². The molecule has 2 aromatic rings. The van der Waals surface area contributed by atoms with Gasteiger partial charge in [-0.3, -0.25) is 4.79 Å². The topological polar surface area (TPSA) is 70.7 Å². The van der Waals surface area contributed by atoms with Crippen LogP contribution in [0.4, 0.5) is 0 Å². The summed E-state index contributed by atoms with van der Waals surface area (Å²) in [4.78, 5) is 23.4. The quantitative estimate of drug-likeness (QED) is 0.872. The first-order valence-corrected chi connectivity index (χ1v) is 6.77. The van der Waals surface area contributed by atoms with Gasteiger partial charge in [-0.05, 0) is 18.9 Å². The molecular weight excluding hydrogens is 240 g/mol. The number of H-pyrrole nitrogens is 1. The van der Waals surface area contributed by atoms with E-state index in [1.54, 1.807) is 19.3 Å². The van der Waals surface area contributed by atoms with Gasteiger partial charge in [0.05, 0.1) is 11.1 Å². The Hall–Kier alpha value is -1.91. The maximum atomic E-state index is 11.6. The largest absolute Gasteiger partial charge is 0.355 e. The third-order valence-electron chi connectivity index (χ3n) is 2.85. The fourth-order valence-corrected chi connectivity index (χ4v) is 1.80. The van der Waals surface area contributed by atoms with Gasteiger partial charge < -0.3 is 10.3 Å². The van der Waals surface area contributed by atoms with Crippen LogP contribution >= 0.6 is 0 Å². The van der Waals surface area contributed by atoms with Crippen molar-refractivity contribution in [2.75, 3.05) is 7.05 Å². The van der Waals surface area contributed by atoms with Gasteiger partial charge in [-0.1, -0.05) is 20.3 Å². The number of hydrogen-bond acceptors (Lipinski definition) is 3. The molecule has 5 heteroatoms. The first-order valence-electron chi connectivity index (χ1n) is 6.77. The molecule has 0 spiro atoms. The number of aromatic amines is 1. The third-order valence-corrected chi connectivity index (χ3v) is 2.85. The van der Waals surface area contributed by atoms with Crippen LogP contribution < -0.4 is 5.32 Å². The van der Waals surface area contributed by atoms with E-state index in [-0.39, 0.29) is 5.91 Å². The molecule has 102 valence electrons. The van der Waals surface area contributed by atoms with E-state index in [1.165, 1.54) is 19.3 Å². The van der Waals surface area contributed by atoms with Crippen LogP contribution in [0.2, 0.25) is 0 Å². The Balaban J connectivity index is 0.000000408. The number of carbonyl (C=O) groups excluding carboxylic acids is 1. The number of hydrogen-bond donors (Lipinski definition) is 2. The number of nitrogens with one attached hydrogen (secondary N) is 2. The molecule has 2 heterocycles. The smallest absolute Gasteiger partial charge is 0.253 e. The van der Waals surface area contributed by atoms with E-state index in [0.29, 0.717) is 17.1 Å². The highest BCUT2D eigenvalue weighted by atomic mass is 16.1. The molecule has 0 aliphatic heterocycles.